The highest BCUT2D eigenvalue weighted by Gasteiger charge is 2.21. The molecule has 2 rings (SSSR count). The molecule has 1 heterocycles. The van der Waals surface area contributed by atoms with E-state index in [2.05, 4.69) is 31.2 Å². The predicted molar refractivity (Wildman–Crippen MR) is 68.9 cm³/mol. The lowest BCUT2D eigenvalue weighted by Gasteiger charge is -2.27. The van der Waals surface area contributed by atoms with Crippen molar-refractivity contribution in [1.82, 2.24) is 0 Å². The zero-order chi connectivity index (χ0) is 10.7. The Bertz CT molecular complexity index is 306. The summed E-state index contributed by atoms with van der Waals surface area (Å²) in [6.45, 7) is 3.83. The molecule has 2 nitrogen and oxygen atoms in total. The van der Waals surface area contributed by atoms with Crippen molar-refractivity contribution in [2.45, 2.75) is 25.8 Å². The van der Waals surface area contributed by atoms with Gasteiger partial charge in [-0.3, -0.25) is 0 Å². The standard InChI is InChI=1S/C13H19NO.ClH/c1-10-2-4-11(5-3-10)13(14)12-6-8-15-9-7-12;/h2-5,12-13H,6-9,14H2,1H3;1H/t13-;/m0./s1. The van der Waals surface area contributed by atoms with Crippen LogP contribution in [-0.4, -0.2) is 13.2 Å². The summed E-state index contributed by atoms with van der Waals surface area (Å²) in [4.78, 5) is 0. The minimum Gasteiger partial charge on any atom is -0.381 e. The van der Waals surface area contributed by atoms with E-state index < -0.39 is 0 Å². The predicted octanol–water partition coefficient (Wildman–Crippen LogP) is 2.84. The third-order valence-corrected chi connectivity index (χ3v) is 3.24. The molecule has 1 atom stereocenters. The minimum absolute atomic E-state index is 0. The number of aryl methyl sites for hydroxylation is 1. The van der Waals surface area contributed by atoms with Crippen LogP contribution < -0.4 is 5.73 Å². The molecular weight excluding hydrogens is 222 g/mol. The van der Waals surface area contributed by atoms with E-state index in [0.717, 1.165) is 26.1 Å². The maximum absolute atomic E-state index is 6.26. The lowest BCUT2D eigenvalue weighted by molar-refractivity contribution is 0.0584. The van der Waals surface area contributed by atoms with E-state index in [1.165, 1.54) is 11.1 Å². The Morgan fingerprint density at radius 3 is 2.31 bits per heavy atom. The van der Waals surface area contributed by atoms with Gasteiger partial charge in [0.25, 0.3) is 0 Å². The van der Waals surface area contributed by atoms with E-state index in [9.17, 15) is 0 Å². The molecule has 0 bridgehead atoms. The molecule has 0 amide bonds. The van der Waals surface area contributed by atoms with Gasteiger partial charge in [-0.25, -0.2) is 0 Å². The van der Waals surface area contributed by atoms with Crippen LogP contribution in [-0.2, 0) is 4.74 Å². The summed E-state index contributed by atoms with van der Waals surface area (Å²) in [5.41, 5.74) is 8.81. The van der Waals surface area contributed by atoms with Gasteiger partial charge in [0.1, 0.15) is 0 Å². The summed E-state index contributed by atoms with van der Waals surface area (Å²) in [6, 6.07) is 8.74. The first-order valence-electron chi connectivity index (χ1n) is 5.67. The molecule has 90 valence electrons. The number of hydrogen-bond acceptors (Lipinski definition) is 2. The number of halogens is 1. The van der Waals surface area contributed by atoms with Crippen molar-refractivity contribution in [3.63, 3.8) is 0 Å². The van der Waals surface area contributed by atoms with Crippen molar-refractivity contribution >= 4 is 12.4 Å². The second-order valence-corrected chi connectivity index (χ2v) is 4.39. The van der Waals surface area contributed by atoms with Gasteiger partial charge in [-0.05, 0) is 31.2 Å². The van der Waals surface area contributed by atoms with Crippen LogP contribution in [0.15, 0.2) is 24.3 Å². The molecule has 0 radical (unpaired) electrons. The molecule has 1 saturated heterocycles. The fraction of sp³-hybridized carbons (Fsp3) is 0.538. The molecule has 3 heteroatoms. The fourth-order valence-electron chi connectivity index (χ4n) is 2.14. The maximum atomic E-state index is 6.26. The average Bonchev–Trinajstić information content (AvgIpc) is 2.30. The monoisotopic (exact) mass is 241 g/mol. The van der Waals surface area contributed by atoms with Crippen molar-refractivity contribution < 1.29 is 4.74 Å². The number of ether oxygens (including phenoxy) is 1. The highest BCUT2D eigenvalue weighted by Crippen LogP contribution is 2.27. The molecule has 1 aromatic rings. The van der Waals surface area contributed by atoms with Crippen LogP contribution in [0.5, 0.6) is 0 Å². The molecule has 1 aliphatic heterocycles. The van der Waals surface area contributed by atoms with E-state index in [-0.39, 0.29) is 18.4 Å². The molecule has 16 heavy (non-hydrogen) atoms. The molecule has 0 saturated carbocycles. The maximum Gasteiger partial charge on any atom is 0.0469 e. The third-order valence-electron chi connectivity index (χ3n) is 3.24. The van der Waals surface area contributed by atoms with Crippen LogP contribution in [0.1, 0.15) is 30.0 Å². The highest BCUT2D eigenvalue weighted by molar-refractivity contribution is 5.85. The van der Waals surface area contributed by atoms with Crippen molar-refractivity contribution in [2.24, 2.45) is 11.7 Å². The Kier molecular flexibility index (Phi) is 5.26. The lowest BCUT2D eigenvalue weighted by atomic mass is 9.87. The summed E-state index contributed by atoms with van der Waals surface area (Å²) in [7, 11) is 0. The molecule has 2 N–H and O–H groups in total. The SMILES string of the molecule is Cc1ccc([C@H](N)C2CCOCC2)cc1.Cl. The van der Waals surface area contributed by atoms with Crippen molar-refractivity contribution in [1.29, 1.82) is 0 Å². The quantitative estimate of drug-likeness (QED) is 0.864. The Hall–Kier alpha value is -0.570. The van der Waals surface area contributed by atoms with Crippen LogP contribution >= 0.6 is 12.4 Å². The molecule has 0 spiro atoms. The summed E-state index contributed by atoms with van der Waals surface area (Å²) in [5, 5.41) is 0. The van der Waals surface area contributed by atoms with E-state index in [0.29, 0.717) is 5.92 Å². The summed E-state index contributed by atoms with van der Waals surface area (Å²) >= 11 is 0. The molecule has 0 aromatic heterocycles. The fourth-order valence-corrected chi connectivity index (χ4v) is 2.14. The average molecular weight is 242 g/mol. The third kappa shape index (κ3) is 3.21. The first kappa shape index (κ1) is 13.5. The zero-order valence-electron chi connectivity index (χ0n) is 9.69. The van der Waals surface area contributed by atoms with Crippen LogP contribution in [0.2, 0.25) is 0 Å². The number of benzene rings is 1. The van der Waals surface area contributed by atoms with Crippen LogP contribution in [0.25, 0.3) is 0 Å². The largest absolute Gasteiger partial charge is 0.381 e. The van der Waals surface area contributed by atoms with E-state index in [4.69, 9.17) is 10.5 Å². The Morgan fingerprint density at radius 2 is 1.75 bits per heavy atom. The van der Waals surface area contributed by atoms with Gasteiger partial charge in [0.05, 0.1) is 0 Å². The van der Waals surface area contributed by atoms with Gasteiger partial charge in [0, 0.05) is 19.3 Å². The lowest BCUT2D eigenvalue weighted by Crippen LogP contribution is -2.27. The van der Waals surface area contributed by atoms with Gasteiger partial charge in [0.15, 0.2) is 0 Å². The van der Waals surface area contributed by atoms with Crippen molar-refractivity contribution in [3.05, 3.63) is 35.4 Å². The molecule has 1 fully saturated rings. The summed E-state index contributed by atoms with van der Waals surface area (Å²) < 4.78 is 5.35. The van der Waals surface area contributed by atoms with Crippen molar-refractivity contribution in [3.8, 4) is 0 Å². The van der Waals surface area contributed by atoms with Gasteiger partial charge in [-0.15, -0.1) is 12.4 Å². The van der Waals surface area contributed by atoms with Crippen LogP contribution in [0.3, 0.4) is 0 Å². The number of hydrogen-bond donors (Lipinski definition) is 1. The smallest absolute Gasteiger partial charge is 0.0469 e. The summed E-state index contributed by atoms with van der Waals surface area (Å²) in [5.74, 6) is 0.585. The normalized spacial score (nSPS) is 18.9. The minimum atomic E-state index is 0. The van der Waals surface area contributed by atoms with Gasteiger partial charge in [-0.1, -0.05) is 29.8 Å². The zero-order valence-corrected chi connectivity index (χ0v) is 10.5. The number of rotatable bonds is 2. The van der Waals surface area contributed by atoms with E-state index >= 15 is 0 Å². The van der Waals surface area contributed by atoms with Crippen molar-refractivity contribution in [2.75, 3.05) is 13.2 Å². The van der Waals surface area contributed by atoms with Crippen LogP contribution in [0.4, 0.5) is 0 Å². The highest BCUT2D eigenvalue weighted by atomic mass is 35.5. The van der Waals surface area contributed by atoms with Gasteiger partial charge in [-0.2, -0.15) is 0 Å². The molecular formula is C13H20ClNO. The first-order chi connectivity index (χ1) is 7.27. The van der Waals surface area contributed by atoms with Gasteiger partial charge in [0.2, 0.25) is 0 Å². The van der Waals surface area contributed by atoms with E-state index in [1.54, 1.807) is 0 Å². The Labute approximate surface area is 104 Å². The Balaban J connectivity index is 0.00000128. The van der Waals surface area contributed by atoms with E-state index in [1.807, 2.05) is 0 Å². The number of nitrogens with two attached hydrogens (primary N) is 1. The first-order valence-corrected chi connectivity index (χ1v) is 5.67. The molecule has 1 aromatic carbocycles. The van der Waals surface area contributed by atoms with Gasteiger partial charge < -0.3 is 10.5 Å². The van der Waals surface area contributed by atoms with Gasteiger partial charge >= 0.3 is 0 Å². The molecule has 1 aliphatic rings. The second-order valence-electron chi connectivity index (χ2n) is 4.39. The molecule has 0 unspecified atom stereocenters. The second kappa shape index (κ2) is 6.24. The topological polar surface area (TPSA) is 35.2 Å². The Morgan fingerprint density at radius 1 is 1.19 bits per heavy atom. The van der Waals surface area contributed by atoms with Crippen LogP contribution in [0, 0.1) is 12.8 Å². The summed E-state index contributed by atoms with van der Waals surface area (Å²) in [6.07, 6.45) is 2.18. The molecule has 0 aliphatic carbocycles.